The molecule has 5 heteroatoms. The first-order chi connectivity index (χ1) is 7.40. The summed E-state index contributed by atoms with van der Waals surface area (Å²) in [7, 11) is 1.00. The molecule has 0 aromatic carbocycles. The van der Waals surface area contributed by atoms with E-state index in [4.69, 9.17) is 5.11 Å². The lowest BCUT2D eigenvalue weighted by Gasteiger charge is -1.91. The van der Waals surface area contributed by atoms with E-state index in [9.17, 15) is 4.79 Å². The number of hydrogen-bond acceptors (Lipinski definition) is 5. The summed E-state index contributed by atoms with van der Waals surface area (Å²) in [5.41, 5.74) is 0.806. The van der Waals surface area contributed by atoms with Crippen molar-refractivity contribution >= 4 is 17.6 Å². The molecule has 0 bridgehead atoms. The monoisotopic (exact) mass is 222 g/mol. The minimum absolute atomic E-state index is 0.626. The number of rotatable bonds is 2. The van der Waals surface area contributed by atoms with Gasteiger partial charge in [0.15, 0.2) is 6.29 Å². The quantitative estimate of drug-likeness (QED) is 0.784. The predicted octanol–water partition coefficient (Wildman–Crippen LogP) is 1.63. The Morgan fingerprint density at radius 3 is 2.67 bits per heavy atom. The molecule has 2 rings (SSSR count). The van der Waals surface area contributed by atoms with E-state index in [0.29, 0.717) is 4.88 Å². The third-order valence-electron chi connectivity index (χ3n) is 1.52. The van der Waals surface area contributed by atoms with Crippen molar-refractivity contribution in [2.75, 3.05) is 7.11 Å². The summed E-state index contributed by atoms with van der Waals surface area (Å²) >= 11 is 1.34. The van der Waals surface area contributed by atoms with Crippen molar-refractivity contribution in [3.8, 4) is 10.7 Å². The molecule has 15 heavy (non-hydrogen) atoms. The topological polar surface area (TPSA) is 63.1 Å². The summed E-state index contributed by atoms with van der Waals surface area (Å²) in [4.78, 5) is 19.2. The molecule has 1 N–H and O–H groups in total. The molecule has 0 radical (unpaired) electrons. The van der Waals surface area contributed by atoms with Crippen LogP contribution in [0.1, 0.15) is 9.67 Å². The van der Waals surface area contributed by atoms with E-state index in [-0.39, 0.29) is 0 Å². The van der Waals surface area contributed by atoms with Crippen LogP contribution in [0.5, 0.6) is 0 Å². The number of aldehydes is 1. The van der Waals surface area contributed by atoms with Gasteiger partial charge in [0.1, 0.15) is 5.01 Å². The standard InChI is InChI=1S/C9H6N2OS.CH4O/c12-6-7-5-11-9(13-7)8-3-1-2-4-10-8;1-2/h1-6H;2H,1H3. The van der Waals surface area contributed by atoms with Gasteiger partial charge in [-0.3, -0.25) is 9.78 Å². The van der Waals surface area contributed by atoms with Crippen LogP contribution in [-0.4, -0.2) is 28.5 Å². The third-order valence-corrected chi connectivity index (χ3v) is 2.47. The molecule has 0 saturated heterocycles. The molecule has 0 aliphatic rings. The van der Waals surface area contributed by atoms with Gasteiger partial charge in [0.25, 0.3) is 0 Å². The van der Waals surface area contributed by atoms with E-state index in [1.165, 1.54) is 11.3 Å². The van der Waals surface area contributed by atoms with Crippen LogP contribution in [0.4, 0.5) is 0 Å². The van der Waals surface area contributed by atoms with Gasteiger partial charge in [-0.1, -0.05) is 6.07 Å². The Bertz CT molecular complexity index is 414. The summed E-state index contributed by atoms with van der Waals surface area (Å²) in [6.45, 7) is 0. The lowest BCUT2D eigenvalue weighted by molar-refractivity contribution is 0.112. The van der Waals surface area contributed by atoms with Gasteiger partial charge < -0.3 is 5.11 Å². The summed E-state index contributed by atoms with van der Waals surface area (Å²) in [5, 5.41) is 7.78. The number of hydrogen-bond donors (Lipinski definition) is 1. The molecule has 78 valence electrons. The molecular weight excluding hydrogens is 212 g/mol. The average molecular weight is 222 g/mol. The molecule has 2 aromatic heterocycles. The van der Waals surface area contributed by atoms with Crippen LogP contribution in [0.15, 0.2) is 30.6 Å². The van der Waals surface area contributed by atoms with Gasteiger partial charge in [0.2, 0.25) is 0 Å². The fraction of sp³-hybridized carbons (Fsp3) is 0.100. The van der Waals surface area contributed by atoms with Crippen molar-refractivity contribution in [2.24, 2.45) is 0 Å². The van der Waals surface area contributed by atoms with Gasteiger partial charge in [0, 0.05) is 19.5 Å². The first-order valence-electron chi connectivity index (χ1n) is 4.17. The second-order valence-electron chi connectivity index (χ2n) is 2.40. The molecule has 0 aliphatic carbocycles. The van der Waals surface area contributed by atoms with Crippen molar-refractivity contribution in [3.63, 3.8) is 0 Å². The fourth-order valence-electron chi connectivity index (χ4n) is 0.949. The molecule has 0 amide bonds. The second kappa shape index (κ2) is 6.00. The fourth-order valence-corrected chi connectivity index (χ4v) is 1.66. The molecule has 0 atom stereocenters. The van der Waals surface area contributed by atoms with E-state index in [1.807, 2.05) is 18.2 Å². The van der Waals surface area contributed by atoms with Gasteiger partial charge in [-0.15, -0.1) is 11.3 Å². The number of carbonyl (C=O) groups excluding carboxylic acids is 1. The van der Waals surface area contributed by atoms with Gasteiger partial charge in [-0.25, -0.2) is 4.98 Å². The lowest BCUT2D eigenvalue weighted by atomic mass is 10.4. The van der Waals surface area contributed by atoms with Crippen LogP contribution < -0.4 is 0 Å². The van der Waals surface area contributed by atoms with Crippen molar-refractivity contribution in [1.82, 2.24) is 9.97 Å². The largest absolute Gasteiger partial charge is 0.400 e. The first-order valence-corrected chi connectivity index (χ1v) is 4.99. The zero-order valence-corrected chi connectivity index (χ0v) is 8.94. The lowest BCUT2D eigenvalue weighted by Crippen LogP contribution is -1.78. The number of nitrogens with zero attached hydrogens (tertiary/aromatic N) is 2. The zero-order valence-electron chi connectivity index (χ0n) is 8.12. The van der Waals surface area contributed by atoms with Gasteiger partial charge in [0.05, 0.1) is 10.6 Å². The van der Waals surface area contributed by atoms with Crippen LogP contribution in [0, 0.1) is 0 Å². The van der Waals surface area contributed by atoms with E-state index in [2.05, 4.69) is 9.97 Å². The SMILES string of the molecule is CO.O=Cc1cnc(-c2ccccn2)s1. The summed E-state index contributed by atoms with van der Waals surface area (Å²) < 4.78 is 0. The second-order valence-corrected chi connectivity index (χ2v) is 3.46. The number of carbonyl (C=O) groups is 1. The molecule has 0 fully saturated rings. The normalized spacial score (nSPS) is 8.93. The number of aliphatic hydroxyl groups is 1. The van der Waals surface area contributed by atoms with E-state index >= 15 is 0 Å². The Morgan fingerprint density at radius 1 is 1.33 bits per heavy atom. The number of aromatic nitrogens is 2. The van der Waals surface area contributed by atoms with Crippen molar-refractivity contribution in [2.45, 2.75) is 0 Å². The zero-order chi connectivity index (χ0) is 11.1. The van der Waals surface area contributed by atoms with Gasteiger partial charge in [-0.05, 0) is 12.1 Å². The van der Waals surface area contributed by atoms with E-state index in [1.54, 1.807) is 12.4 Å². The number of pyridine rings is 1. The molecule has 0 spiro atoms. The minimum atomic E-state index is 0.626. The van der Waals surface area contributed by atoms with Crippen LogP contribution in [0.3, 0.4) is 0 Å². The minimum Gasteiger partial charge on any atom is -0.400 e. The highest BCUT2D eigenvalue weighted by atomic mass is 32.1. The Morgan fingerprint density at radius 2 is 2.13 bits per heavy atom. The van der Waals surface area contributed by atoms with Crippen LogP contribution in [-0.2, 0) is 0 Å². The average Bonchev–Trinajstić information content (AvgIpc) is 2.81. The summed E-state index contributed by atoms with van der Waals surface area (Å²) in [6, 6.07) is 5.61. The summed E-state index contributed by atoms with van der Waals surface area (Å²) in [5.74, 6) is 0. The molecule has 4 nitrogen and oxygen atoms in total. The highest BCUT2D eigenvalue weighted by molar-refractivity contribution is 7.16. The maximum atomic E-state index is 10.4. The van der Waals surface area contributed by atoms with Crippen LogP contribution in [0.2, 0.25) is 0 Å². The van der Waals surface area contributed by atoms with Crippen LogP contribution >= 0.6 is 11.3 Å². The molecule has 2 aromatic rings. The van der Waals surface area contributed by atoms with Crippen molar-refractivity contribution in [3.05, 3.63) is 35.5 Å². The van der Waals surface area contributed by atoms with Gasteiger partial charge >= 0.3 is 0 Å². The van der Waals surface area contributed by atoms with Crippen molar-refractivity contribution < 1.29 is 9.90 Å². The first kappa shape index (κ1) is 11.5. The number of thiazole rings is 1. The Hall–Kier alpha value is -1.59. The molecule has 0 aliphatic heterocycles. The smallest absolute Gasteiger partial charge is 0.161 e. The Labute approximate surface area is 91.3 Å². The van der Waals surface area contributed by atoms with E-state index in [0.717, 1.165) is 24.1 Å². The molecule has 0 unspecified atom stereocenters. The predicted molar refractivity (Wildman–Crippen MR) is 58.9 cm³/mol. The van der Waals surface area contributed by atoms with Crippen LogP contribution in [0.25, 0.3) is 10.7 Å². The highest BCUT2D eigenvalue weighted by Gasteiger charge is 2.03. The van der Waals surface area contributed by atoms with E-state index < -0.39 is 0 Å². The molecule has 2 heterocycles. The van der Waals surface area contributed by atoms with Crippen molar-refractivity contribution in [1.29, 1.82) is 0 Å². The maximum absolute atomic E-state index is 10.4. The maximum Gasteiger partial charge on any atom is 0.161 e. The Balaban J connectivity index is 0.000000531. The van der Waals surface area contributed by atoms with Gasteiger partial charge in [-0.2, -0.15) is 0 Å². The molecular formula is C10H10N2O2S. The molecule has 0 saturated carbocycles. The number of aliphatic hydroxyl groups excluding tert-OH is 1. The Kier molecular flexibility index (Phi) is 4.59. The third kappa shape index (κ3) is 2.93. The summed E-state index contributed by atoms with van der Waals surface area (Å²) in [6.07, 6.45) is 4.06. The highest BCUT2D eigenvalue weighted by Crippen LogP contribution is 2.21.